The van der Waals surface area contributed by atoms with E-state index >= 15 is 0 Å². The van der Waals surface area contributed by atoms with E-state index in [1.165, 1.54) is 5.56 Å². The van der Waals surface area contributed by atoms with Crippen LogP contribution in [-0.4, -0.2) is 14.0 Å². The molecule has 0 atom stereocenters. The molecular formula is C17H18BrN3O. The van der Waals surface area contributed by atoms with Gasteiger partial charge in [-0.15, -0.1) is 0 Å². The van der Waals surface area contributed by atoms with Crippen molar-refractivity contribution in [3.63, 3.8) is 0 Å². The Hall–Kier alpha value is -1.88. The highest BCUT2D eigenvalue weighted by atomic mass is 79.9. The summed E-state index contributed by atoms with van der Waals surface area (Å²) in [6, 6.07) is 8.16. The predicted molar refractivity (Wildman–Crippen MR) is 91.5 cm³/mol. The van der Waals surface area contributed by atoms with Crippen LogP contribution in [0.4, 0.5) is 0 Å². The van der Waals surface area contributed by atoms with Gasteiger partial charge < -0.3 is 4.57 Å². The first-order valence-electron chi connectivity index (χ1n) is 7.27. The van der Waals surface area contributed by atoms with Crippen LogP contribution >= 0.6 is 15.9 Å². The molecule has 0 unspecified atom stereocenters. The van der Waals surface area contributed by atoms with Crippen molar-refractivity contribution in [2.45, 2.75) is 26.2 Å². The standard InChI is InChI=1S/C17H18BrN3O/c1-11(2)16-19-9-15-17(22)20(3)14(10-21(15)16)8-12-4-6-13(18)7-5-12/h4-7,9-11H,8H2,1-3H3. The molecule has 0 amide bonds. The Kier molecular flexibility index (Phi) is 3.91. The molecule has 0 aliphatic carbocycles. The Labute approximate surface area is 137 Å². The van der Waals surface area contributed by atoms with Gasteiger partial charge in [0.2, 0.25) is 0 Å². The van der Waals surface area contributed by atoms with Gasteiger partial charge in [-0.1, -0.05) is 41.9 Å². The van der Waals surface area contributed by atoms with Gasteiger partial charge in [0, 0.05) is 35.7 Å². The minimum Gasteiger partial charge on any atom is -0.312 e. The first-order chi connectivity index (χ1) is 10.5. The maximum Gasteiger partial charge on any atom is 0.276 e. The molecule has 2 aromatic heterocycles. The van der Waals surface area contributed by atoms with E-state index in [0.29, 0.717) is 11.9 Å². The Balaban J connectivity index is 2.12. The van der Waals surface area contributed by atoms with Gasteiger partial charge in [0.1, 0.15) is 11.3 Å². The van der Waals surface area contributed by atoms with E-state index < -0.39 is 0 Å². The summed E-state index contributed by atoms with van der Waals surface area (Å²) in [5.74, 6) is 1.19. The summed E-state index contributed by atoms with van der Waals surface area (Å²) < 4.78 is 4.70. The molecule has 0 spiro atoms. The van der Waals surface area contributed by atoms with Gasteiger partial charge in [0.25, 0.3) is 5.56 Å². The van der Waals surface area contributed by atoms with E-state index in [-0.39, 0.29) is 11.5 Å². The van der Waals surface area contributed by atoms with Crippen LogP contribution in [0.5, 0.6) is 0 Å². The van der Waals surface area contributed by atoms with Gasteiger partial charge in [0.05, 0.1) is 6.20 Å². The molecule has 3 rings (SSSR count). The molecule has 0 aliphatic rings. The Morgan fingerprint density at radius 2 is 1.91 bits per heavy atom. The third-order valence-corrected chi connectivity index (χ3v) is 4.40. The van der Waals surface area contributed by atoms with Gasteiger partial charge in [0.15, 0.2) is 0 Å². The fourth-order valence-corrected chi connectivity index (χ4v) is 2.87. The maximum absolute atomic E-state index is 12.5. The van der Waals surface area contributed by atoms with E-state index in [1.54, 1.807) is 10.8 Å². The zero-order chi connectivity index (χ0) is 15.9. The molecule has 4 nitrogen and oxygen atoms in total. The first kappa shape index (κ1) is 15.0. The summed E-state index contributed by atoms with van der Waals surface area (Å²) in [5.41, 5.74) is 2.77. The summed E-state index contributed by atoms with van der Waals surface area (Å²) in [4.78, 5) is 16.9. The molecule has 22 heavy (non-hydrogen) atoms. The second-order valence-electron chi connectivity index (χ2n) is 5.81. The van der Waals surface area contributed by atoms with Gasteiger partial charge in [-0.2, -0.15) is 0 Å². The fourth-order valence-electron chi connectivity index (χ4n) is 2.61. The van der Waals surface area contributed by atoms with Gasteiger partial charge in [-0.05, 0) is 17.7 Å². The number of fused-ring (bicyclic) bond motifs is 1. The molecular weight excluding hydrogens is 342 g/mol. The molecule has 5 heteroatoms. The average molecular weight is 360 g/mol. The molecule has 0 fully saturated rings. The third-order valence-electron chi connectivity index (χ3n) is 3.87. The Bertz CT molecular complexity index is 875. The maximum atomic E-state index is 12.5. The lowest BCUT2D eigenvalue weighted by molar-refractivity contribution is 0.737. The highest BCUT2D eigenvalue weighted by molar-refractivity contribution is 9.10. The number of rotatable bonds is 3. The summed E-state index contributed by atoms with van der Waals surface area (Å²) in [6.07, 6.45) is 4.41. The molecule has 114 valence electrons. The lowest BCUT2D eigenvalue weighted by Gasteiger charge is -2.11. The van der Waals surface area contributed by atoms with E-state index in [0.717, 1.165) is 16.0 Å². The molecule has 0 radical (unpaired) electrons. The zero-order valence-electron chi connectivity index (χ0n) is 12.9. The van der Waals surface area contributed by atoms with Gasteiger partial charge >= 0.3 is 0 Å². The van der Waals surface area contributed by atoms with Crippen molar-refractivity contribution < 1.29 is 0 Å². The molecule has 0 N–H and O–H groups in total. The van der Waals surface area contributed by atoms with Crippen LogP contribution in [0.3, 0.4) is 0 Å². The average Bonchev–Trinajstić information content (AvgIpc) is 2.91. The Morgan fingerprint density at radius 3 is 2.55 bits per heavy atom. The Morgan fingerprint density at radius 1 is 1.23 bits per heavy atom. The lowest BCUT2D eigenvalue weighted by Crippen LogP contribution is -2.23. The van der Waals surface area contributed by atoms with Crippen molar-refractivity contribution >= 4 is 21.4 Å². The van der Waals surface area contributed by atoms with Crippen LogP contribution in [0.2, 0.25) is 0 Å². The molecule has 0 saturated heterocycles. The van der Waals surface area contributed by atoms with Crippen molar-refractivity contribution in [1.29, 1.82) is 0 Å². The second-order valence-corrected chi connectivity index (χ2v) is 6.73. The van der Waals surface area contributed by atoms with Crippen molar-refractivity contribution in [2.75, 3.05) is 0 Å². The number of aromatic nitrogens is 3. The van der Waals surface area contributed by atoms with E-state index in [2.05, 4.69) is 46.9 Å². The molecule has 0 aliphatic heterocycles. The quantitative estimate of drug-likeness (QED) is 0.717. The monoisotopic (exact) mass is 359 g/mol. The van der Waals surface area contributed by atoms with Crippen LogP contribution in [-0.2, 0) is 13.5 Å². The number of hydrogen-bond donors (Lipinski definition) is 0. The van der Waals surface area contributed by atoms with Crippen LogP contribution in [0.1, 0.15) is 36.8 Å². The van der Waals surface area contributed by atoms with Crippen LogP contribution in [0.25, 0.3) is 5.52 Å². The SMILES string of the molecule is CC(C)c1ncc2c(=O)n(C)c(Cc3ccc(Br)cc3)cn12. The normalized spacial score (nSPS) is 11.5. The van der Waals surface area contributed by atoms with Crippen LogP contribution in [0.15, 0.2) is 45.9 Å². The minimum atomic E-state index is -0.00554. The number of halogens is 1. The largest absolute Gasteiger partial charge is 0.312 e. The van der Waals surface area contributed by atoms with Crippen molar-refractivity contribution in [1.82, 2.24) is 14.0 Å². The number of hydrogen-bond acceptors (Lipinski definition) is 2. The smallest absolute Gasteiger partial charge is 0.276 e. The predicted octanol–water partition coefficient (Wildman–Crippen LogP) is 3.51. The minimum absolute atomic E-state index is 0.00554. The summed E-state index contributed by atoms with van der Waals surface area (Å²) in [6.45, 7) is 4.17. The molecule has 2 heterocycles. The van der Waals surface area contributed by atoms with Gasteiger partial charge in [-0.25, -0.2) is 4.98 Å². The second kappa shape index (κ2) is 5.72. The molecule has 0 saturated carbocycles. The number of nitrogens with zero attached hydrogens (tertiary/aromatic N) is 3. The molecule has 0 bridgehead atoms. The summed E-state index contributed by atoms with van der Waals surface area (Å²) in [7, 11) is 1.82. The molecule has 3 aromatic rings. The fraction of sp³-hybridized carbons (Fsp3) is 0.294. The number of imidazole rings is 1. The highest BCUT2D eigenvalue weighted by Gasteiger charge is 2.13. The van der Waals surface area contributed by atoms with Gasteiger partial charge in [-0.3, -0.25) is 9.20 Å². The zero-order valence-corrected chi connectivity index (χ0v) is 14.5. The van der Waals surface area contributed by atoms with Crippen molar-refractivity contribution in [3.8, 4) is 0 Å². The van der Waals surface area contributed by atoms with E-state index in [9.17, 15) is 4.79 Å². The number of benzene rings is 1. The summed E-state index contributed by atoms with van der Waals surface area (Å²) in [5, 5.41) is 0. The van der Waals surface area contributed by atoms with E-state index in [1.807, 2.05) is 29.8 Å². The highest BCUT2D eigenvalue weighted by Crippen LogP contribution is 2.17. The first-order valence-corrected chi connectivity index (χ1v) is 8.07. The summed E-state index contributed by atoms with van der Waals surface area (Å²) >= 11 is 3.44. The van der Waals surface area contributed by atoms with Crippen molar-refractivity contribution in [3.05, 3.63) is 68.6 Å². The van der Waals surface area contributed by atoms with Crippen LogP contribution < -0.4 is 5.56 Å². The van der Waals surface area contributed by atoms with Crippen molar-refractivity contribution in [2.24, 2.45) is 7.05 Å². The van der Waals surface area contributed by atoms with E-state index in [4.69, 9.17) is 0 Å². The lowest BCUT2D eigenvalue weighted by atomic mass is 10.1. The molecule has 1 aromatic carbocycles. The van der Waals surface area contributed by atoms with Crippen LogP contribution in [0, 0.1) is 0 Å². The third kappa shape index (κ3) is 2.61. The topological polar surface area (TPSA) is 39.3 Å².